The Labute approximate surface area is 174 Å². The molecule has 0 fully saturated rings. The van der Waals surface area contributed by atoms with E-state index in [1.807, 2.05) is 30.3 Å². The van der Waals surface area contributed by atoms with Gasteiger partial charge in [0.25, 0.3) is 0 Å². The first-order valence-electron chi connectivity index (χ1n) is 9.56. The summed E-state index contributed by atoms with van der Waals surface area (Å²) in [7, 11) is 1.66. The van der Waals surface area contributed by atoms with Gasteiger partial charge >= 0.3 is 0 Å². The highest BCUT2D eigenvalue weighted by molar-refractivity contribution is 7.09. The third-order valence-electron chi connectivity index (χ3n) is 4.44. The fourth-order valence-electron chi connectivity index (χ4n) is 2.88. The first kappa shape index (κ1) is 20.9. The minimum atomic E-state index is -0.0202. The number of carbonyl (C=O) groups excluding carboxylic acids is 1. The molecule has 0 unspecified atom stereocenters. The number of rotatable bonds is 10. The van der Waals surface area contributed by atoms with Crippen LogP contribution in [0.2, 0.25) is 0 Å². The van der Waals surface area contributed by atoms with E-state index in [4.69, 9.17) is 14.1 Å². The number of hydrogen-bond donors (Lipinski definition) is 1. The number of nitrogens with zero attached hydrogens (tertiary/aromatic N) is 3. The van der Waals surface area contributed by atoms with Crippen LogP contribution in [0.1, 0.15) is 37.4 Å². The summed E-state index contributed by atoms with van der Waals surface area (Å²) in [5.41, 5.74) is 1.10. The van der Waals surface area contributed by atoms with Crippen LogP contribution in [0.5, 0.6) is 5.75 Å². The molecule has 1 N–H and O–H groups in total. The Kier molecular flexibility index (Phi) is 7.24. The second kappa shape index (κ2) is 10.1. The lowest BCUT2D eigenvalue weighted by Gasteiger charge is -2.25. The van der Waals surface area contributed by atoms with Gasteiger partial charge in [-0.2, -0.15) is 4.37 Å². The molecular weight excluding hydrogens is 388 g/mol. The van der Waals surface area contributed by atoms with Crippen molar-refractivity contribution in [1.82, 2.24) is 14.7 Å². The standard InChI is InChI=1S/C21H26N4O3S/c1-15(2)25(10-9-20(26)22-14-18-8-5-11-28-18)21-23-19(24-29-21)13-16-6-4-7-17(12-16)27-3/h4-8,11-12,15H,9-10,13-14H2,1-3H3,(H,22,26). The van der Waals surface area contributed by atoms with Crippen LogP contribution in [0.4, 0.5) is 5.13 Å². The van der Waals surface area contributed by atoms with Crippen molar-refractivity contribution in [1.29, 1.82) is 0 Å². The van der Waals surface area contributed by atoms with E-state index in [0.717, 1.165) is 28.0 Å². The molecule has 8 heteroatoms. The highest BCUT2D eigenvalue weighted by atomic mass is 32.1. The van der Waals surface area contributed by atoms with Gasteiger partial charge in [0.05, 0.1) is 19.9 Å². The van der Waals surface area contributed by atoms with Crippen molar-refractivity contribution >= 4 is 22.6 Å². The third kappa shape index (κ3) is 6.05. The number of hydrogen-bond acceptors (Lipinski definition) is 7. The molecule has 0 atom stereocenters. The number of anilines is 1. The molecule has 2 heterocycles. The van der Waals surface area contributed by atoms with Crippen molar-refractivity contribution in [3.05, 3.63) is 59.8 Å². The van der Waals surface area contributed by atoms with Crippen LogP contribution in [0.15, 0.2) is 47.1 Å². The van der Waals surface area contributed by atoms with Gasteiger partial charge in [0.2, 0.25) is 11.0 Å². The molecule has 2 aromatic heterocycles. The number of carbonyl (C=O) groups is 1. The quantitative estimate of drug-likeness (QED) is 0.545. The Morgan fingerprint density at radius 3 is 2.90 bits per heavy atom. The average molecular weight is 415 g/mol. The van der Waals surface area contributed by atoms with E-state index in [0.29, 0.717) is 25.9 Å². The maximum atomic E-state index is 12.2. The summed E-state index contributed by atoms with van der Waals surface area (Å²) in [6.45, 7) is 5.15. The molecular formula is C21H26N4O3S. The summed E-state index contributed by atoms with van der Waals surface area (Å²) < 4.78 is 15.0. The minimum absolute atomic E-state index is 0.0202. The number of ether oxygens (including phenoxy) is 1. The monoisotopic (exact) mass is 414 g/mol. The predicted molar refractivity (Wildman–Crippen MR) is 113 cm³/mol. The van der Waals surface area contributed by atoms with Gasteiger partial charge in [-0.25, -0.2) is 4.98 Å². The molecule has 7 nitrogen and oxygen atoms in total. The van der Waals surface area contributed by atoms with Gasteiger partial charge in [-0.05, 0) is 43.7 Å². The molecule has 1 aromatic carbocycles. The lowest BCUT2D eigenvalue weighted by Crippen LogP contribution is -2.35. The summed E-state index contributed by atoms with van der Waals surface area (Å²) in [4.78, 5) is 19.0. The molecule has 0 bridgehead atoms. The number of benzene rings is 1. The zero-order valence-corrected chi connectivity index (χ0v) is 17.7. The van der Waals surface area contributed by atoms with E-state index in [2.05, 4.69) is 28.4 Å². The molecule has 3 rings (SSSR count). The molecule has 1 amide bonds. The van der Waals surface area contributed by atoms with Gasteiger partial charge in [-0.15, -0.1) is 0 Å². The average Bonchev–Trinajstić information content (AvgIpc) is 3.39. The van der Waals surface area contributed by atoms with E-state index in [9.17, 15) is 4.79 Å². The van der Waals surface area contributed by atoms with Gasteiger partial charge < -0.3 is 19.4 Å². The molecule has 0 aliphatic carbocycles. The highest BCUT2D eigenvalue weighted by Gasteiger charge is 2.17. The van der Waals surface area contributed by atoms with Gasteiger partial charge in [0.1, 0.15) is 17.3 Å². The van der Waals surface area contributed by atoms with E-state index in [1.165, 1.54) is 11.5 Å². The van der Waals surface area contributed by atoms with Crippen molar-refractivity contribution in [2.24, 2.45) is 0 Å². The van der Waals surface area contributed by atoms with Crippen molar-refractivity contribution in [2.75, 3.05) is 18.6 Å². The summed E-state index contributed by atoms with van der Waals surface area (Å²) in [6, 6.07) is 11.8. The number of furan rings is 1. The zero-order chi connectivity index (χ0) is 20.6. The minimum Gasteiger partial charge on any atom is -0.497 e. The molecule has 0 radical (unpaired) electrons. The first-order chi connectivity index (χ1) is 14.0. The summed E-state index contributed by atoms with van der Waals surface area (Å²) >= 11 is 1.37. The van der Waals surface area contributed by atoms with Crippen molar-refractivity contribution in [3.63, 3.8) is 0 Å². The third-order valence-corrected chi connectivity index (χ3v) is 5.23. The van der Waals surface area contributed by atoms with E-state index < -0.39 is 0 Å². The van der Waals surface area contributed by atoms with Crippen molar-refractivity contribution in [2.45, 2.75) is 39.3 Å². The Hall–Kier alpha value is -2.87. The Morgan fingerprint density at radius 1 is 1.31 bits per heavy atom. The van der Waals surface area contributed by atoms with Gasteiger partial charge in [-0.3, -0.25) is 4.79 Å². The summed E-state index contributed by atoms with van der Waals surface area (Å²) in [5, 5.41) is 3.71. The highest BCUT2D eigenvalue weighted by Crippen LogP contribution is 2.22. The molecule has 0 spiro atoms. The van der Waals surface area contributed by atoms with Gasteiger partial charge in [0, 0.05) is 37.0 Å². The molecule has 0 aliphatic heterocycles. The van der Waals surface area contributed by atoms with E-state index >= 15 is 0 Å². The molecule has 29 heavy (non-hydrogen) atoms. The first-order valence-corrected chi connectivity index (χ1v) is 10.3. The van der Waals surface area contributed by atoms with Gasteiger partial charge in [0.15, 0.2) is 0 Å². The topological polar surface area (TPSA) is 80.5 Å². The number of methoxy groups -OCH3 is 1. The predicted octanol–water partition coefficient (Wildman–Crippen LogP) is 3.65. The van der Waals surface area contributed by atoms with Crippen LogP contribution in [-0.4, -0.2) is 35.0 Å². The summed E-state index contributed by atoms with van der Waals surface area (Å²) in [5.74, 6) is 2.31. The molecule has 0 saturated heterocycles. The van der Waals surface area contributed by atoms with Crippen LogP contribution in [0, 0.1) is 0 Å². The molecule has 0 aliphatic rings. The normalized spacial score (nSPS) is 10.9. The fourth-order valence-corrected chi connectivity index (χ4v) is 3.73. The number of aromatic nitrogens is 2. The molecule has 0 saturated carbocycles. The second-order valence-corrected chi connectivity index (χ2v) is 7.65. The number of nitrogens with one attached hydrogen (secondary N) is 1. The second-order valence-electron chi connectivity index (χ2n) is 6.91. The fraction of sp³-hybridized carbons (Fsp3) is 0.381. The SMILES string of the molecule is COc1cccc(Cc2nsc(N(CCC(=O)NCc3ccco3)C(C)C)n2)c1. The van der Waals surface area contributed by atoms with Crippen LogP contribution in [0.25, 0.3) is 0 Å². The van der Waals surface area contributed by atoms with E-state index in [1.54, 1.807) is 19.4 Å². The Balaban J connectivity index is 1.56. The van der Waals surface area contributed by atoms with Gasteiger partial charge in [-0.1, -0.05) is 12.1 Å². The molecule has 154 valence electrons. The van der Waals surface area contributed by atoms with Crippen molar-refractivity contribution in [3.8, 4) is 5.75 Å². The van der Waals surface area contributed by atoms with Crippen molar-refractivity contribution < 1.29 is 13.9 Å². The number of amides is 1. The maximum Gasteiger partial charge on any atom is 0.222 e. The van der Waals surface area contributed by atoms with Crippen LogP contribution < -0.4 is 15.0 Å². The lowest BCUT2D eigenvalue weighted by molar-refractivity contribution is -0.121. The smallest absolute Gasteiger partial charge is 0.222 e. The Bertz CT molecular complexity index is 908. The zero-order valence-electron chi connectivity index (χ0n) is 16.9. The largest absolute Gasteiger partial charge is 0.497 e. The molecule has 3 aromatic rings. The maximum absolute atomic E-state index is 12.2. The Morgan fingerprint density at radius 2 is 2.17 bits per heavy atom. The van der Waals surface area contributed by atoms with Crippen LogP contribution >= 0.6 is 11.5 Å². The van der Waals surface area contributed by atoms with E-state index in [-0.39, 0.29) is 11.9 Å². The lowest BCUT2D eigenvalue weighted by atomic mass is 10.1. The van der Waals surface area contributed by atoms with Crippen LogP contribution in [-0.2, 0) is 17.8 Å². The summed E-state index contributed by atoms with van der Waals surface area (Å²) in [6.07, 6.45) is 2.62. The van der Waals surface area contributed by atoms with Crippen LogP contribution in [0.3, 0.4) is 0 Å².